The van der Waals surface area contributed by atoms with E-state index in [1.54, 1.807) is 0 Å². The van der Waals surface area contributed by atoms with Gasteiger partial charge in [-0.15, -0.1) is 0 Å². The maximum absolute atomic E-state index is 12.1. The Morgan fingerprint density at radius 2 is 1.96 bits per heavy atom. The molecule has 1 aliphatic carbocycles. The molecule has 0 saturated carbocycles. The number of allylic oxidation sites excluding steroid dienone is 2. The summed E-state index contributed by atoms with van der Waals surface area (Å²) in [5.41, 5.74) is 1.66. The summed E-state index contributed by atoms with van der Waals surface area (Å²) < 4.78 is 0. The van der Waals surface area contributed by atoms with Crippen LogP contribution in [0.25, 0.3) is 0 Å². The smallest absolute Gasteiger partial charge is 0.251 e. The van der Waals surface area contributed by atoms with E-state index in [1.807, 2.05) is 38.1 Å². The highest BCUT2D eigenvalue weighted by Gasteiger charge is 2.18. The van der Waals surface area contributed by atoms with Crippen LogP contribution in [0, 0.1) is 5.92 Å². The van der Waals surface area contributed by atoms with Crippen LogP contribution < -0.4 is 10.6 Å². The Kier molecular flexibility index (Phi) is 6.39. The number of rotatable bonds is 6. The number of amides is 2. The lowest BCUT2D eigenvalue weighted by atomic mass is 9.93. The lowest BCUT2D eigenvalue weighted by Crippen LogP contribution is -2.32. The van der Waals surface area contributed by atoms with Crippen molar-refractivity contribution in [2.24, 2.45) is 5.92 Å². The quantitative estimate of drug-likeness (QED) is 0.792. The van der Waals surface area contributed by atoms with Crippen molar-refractivity contribution in [3.63, 3.8) is 0 Å². The molecule has 0 heterocycles. The van der Waals surface area contributed by atoms with E-state index in [2.05, 4.69) is 22.8 Å². The van der Waals surface area contributed by atoms with Crippen molar-refractivity contribution in [2.45, 2.75) is 52.1 Å². The summed E-state index contributed by atoms with van der Waals surface area (Å²) in [6.45, 7) is 4.54. The van der Waals surface area contributed by atoms with E-state index in [9.17, 15) is 9.59 Å². The summed E-state index contributed by atoms with van der Waals surface area (Å²) in [5.74, 6) is 0.164. The fourth-order valence-electron chi connectivity index (χ4n) is 2.55. The number of nitrogens with one attached hydrogen (secondary N) is 2. The zero-order valence-corrected chi connectivity index (χ0v) is 14.0. The molecule has 0 aromatic heterocycles. The highest BCUT2D eigenvalue weighted by Crippen LogP contribution is 2.18. The van der Waals surface area contributed by atoms with Gasteiger partial charge in [-0.3, -0.25) is 9.59 Å². The minimum Gasteiger partial charge on any atom is -0.352 e. The van der Waals surface area contributed by atoms with Gasteiger partial charge in [-0.2, -0.15) is 0 Å². The van der Waals surface area contributed by atoms with Crippen LogP contribution in [0.2, 0.25) is 0 Å². The topological polar surface area (TPSA) is 58.2 Å². The molecule has 23 heavy (non-hydrogen) atoms. The molecule has 0 saturated heterocycles. The molecule has 4 nitrogen and oxygen atoms in total. The van der Waals surface area contributed by atoms with E-state index in [0.717, 1.165) is 31.2 Å². The molecular formula is C19H26N2O2. The Morgan fingerprint density at radius 1 is 1.22 bits per heavy atom. The summed E-state index contributed by atoms with van der Waals surface area (Å²) in [4.78, 5) is 24.1. The first-order valence-electron chi connectivity index (χ1n) is 8.42. The van der Waals surface area contributed by atoms with E-state index in [1.165, 1.54) is 0 Å². The zero-order chi connectivity index (χ0) is 16.7. The third kappa shape index (κ3) is 5.23. The van der Waals surface area contributed by atoms with Gasteiger partial charge >= 0.3 is 0 Å². The summed E-state index contributed by atoms with van der Waals surface area (Å²) >= 11 is 0. The molecule has 1 aromatic rings. The fraction of sp³-hybridized carbons (Fsp3) is 0.474. The molecule has 2 N–H and O–H groups in total. The van der Waals surface area contributed by atoms with Crippen LogP contribution in [-0.4, -0.2) is 17.9 Å². The number of benzene rings is 1. The molecule has 124 valence electrons. The van der Waals surface area contributed by atoms with Gasteiger partial charge in [0.25, 0.3) is 5.91 Å². The third-order valence-electron chi connectivity index (χ3n) is 4.31. The Bertz CT molecular complexity index is 563. The van der Waals surface area contributed by atoms with Crippen molar-refractivity contribution < 1.29 is 9.59 Å². The molecule has 0 unspecified atom stereocenters. The fourth-order valence-corrected chi connectivity index (χ4v) is 2.55. The number of carbonyl (C=O) groups excluding carboxylic acids is 2. The van der Waals surface area contributed by atoms with Crippen molar-refractivity contribution in [3.05, 3.63) is 47.5 Å². The van der Waals surface area contributed by atoms with Gasteiger partial charge in [-0.1, -0.05) is 31.2 Å². The SMILES string of the molecule is CC[C@H](C)NC(=O)c1ccc(CNC(=O)[C@H]2CC=CCC2)cc1. The average molecular weight is 314 g/mol. The Morgan fingerprint density at radius 3 is 2.57 bits per heavy atom. The Hall–Kier alpha value is -2.10. The molecule has 1 aromatic carbocycles. The van der Waals surface area contributed by atoms with Crippen LogP contribution in [0.1, 0.15) is 55.5 Å². The maximum atomic E-state index is 12.1. The van der Waals surface area contributed by atoms with Crippen LogP contribution >= 0.6 is 0 Å². The van der Waals surface area contributed by atoms with Crippen LogP contribution in [-0.2, 0) is 11.3 Å². The van der Waals surface area contributed by atoms with Crippen molar-refractivity contribution in [3.8, 4) is 0 Å². The van der Waals surface area contributed by atoms with Gasteiger partial charge in [-0.25, -0.2) is 0 Å². The van der Waals surface area contributed by atoms with E-state index in [4.69, 9.17) is 0 Å². The average Bonchev–Trinajstić information content (AvgIpc) is 2.60. The van der Waals surface area contributed by atoms with Gasteiger partial charge in [0, 0.05) is 24.1 Å². The lowest BCUT2D eigenvalue weighted by Gasteiger charge is -2.17. The monoisotopic (exact) mass is 314 g/mol. The van der Waals surface area contributed by atoms with Gasteiger partial charge < -0.3 is 10.6 Å². The number of hydrogen-bond donors (Lipinski definition) is 2. The van der Waals surface area contributed by atoms with E-state index >= 15 is 0 Å². The van der Waals surface area contributed by atoms with Crippen molar-refractivity contribution in [1.82, 2.24) is 10.6 Å². The predicted molar refractivity (Wildman–Crippen MR) is 92.0 cm³/mol. The van der Waals surface area contributed by atoms with Crippen LogP contribution in [0.15, 0.2) is 36.4 Å². The number of carbonyl (C=O) groups is 2. The summed E-state index contributed by atoms with van der Waals surface area (Å²) in [5, 5.41) is 5.93. The third-order valence-corrected chi connectivity index (χ3v) is 4.31. The minimum atomic E-state index is -0.0519. The first kappa shape index (κ1) is 17.3. The van der Waals surface area contributed by atoms with E-state index < -0.39 is 0 Å². The lowest BCUT2D eigenvalue weighted by molar-refractivity contribution is -0.125. The van der Waals surface area contributed by atoms with E-state index in [0.29, 0.717) is 12.1 Å². The molecule has 0 spiro atoms. The molecule has 2 atom stereocenters. The van der Waals surface area contributed by atoms with Crippen molar-refractivity contribution in [2.75, 3.05) is 0 Å². The van der Waals surface area contributed by atoms with Gasteiger partial charge in [-0.05, 0) is 50.3 Å². The molecule has 2 rings (SSSR count). The van der Waals surface area contributed by atoms with Gasteiger partial charge in [0.1, 0.15) is 0 Å². The molecule has 0 aliphatic heterocycles. The second kappa shape index (κ2) is 8.51. The van der Waals surface area contributed by atoms with Crippen LogP contribution in [0.4, 0.5) is 0 Å². The molecule has 4 heteroatoms. The van der Waals surface area contributed by atoms with Gasteiger partial charge in [0.15, 0.2) is 0 Å². The Labute approximate surface area is 138 Å². The highest BCUT2D eigenvalue weighted by atomic mass is 16.2. The zero-order valence-electron chi connectivity index (χ0n) is 14.0. The summed E-state index contributed by atoms with van der Waals surface area (Å²) in [6, 6.07) is 7.58. The summed E-state index contributed by atoms with van der Waals surface area (Å²) in [6.07, 6.45) is 7.87. The summed E-state index contributed by atoms with van der Waals surface area (Å²) in [7, 11) is 0. The second-order valence-electron chi connectivity index (χ2n) is 6.18. The second-order valence-corrected chi connectivity index (χ2v) is 6.18. The largest absolute Gasteiger partial charge is 0.352 e. The maximum Gasteiger partial charge on any atom is 0.251 e. The van der Waals surface area contributed by atoms with E-state index in [-0.39, 0.29) is 23.8 Å². The first-order chi connectivity index (χ1) is 11.1. The molecule has 1 aliphatic rings. The van der Waals surface area contributed by atoms with Crippen molar-refractivity contribution in [1.29, 1.82) is 0 Å². The standard InChI is InChI=1S/C19H26N2O2/c1-3-14(2)21-19(23)17-11-9-15(10-12-17)13-20-18(22)16-7-5-4-6-8-16/h4-5,9-12,14,16H,3,6-8,13H2,1-2H3,(H,20,22)(H,21,23)/t14-,16-/m0/s1. The Balaban J connectivity index is 1.84. The molecule has 0 bridgehead atoms. The molecular weight excluding hydrogens is 288 g/mol. The number of hydrogen-bond acceptors (Lipinski definition) is 2. The normalized spacial score (nSPS) is 18.3. The first-order valence-corrected chi connectivity index (χ1v) is 8.42. The van der Waals surface area contributed by atoms with Gasteiger partial charge in [0.2, 0.25) is 5.91 Å². The van der Waals surface area contributed by atoms with Gasteiger partial charge in [0.05, 0.1) is 0 Å². The van der Waals surface area contributed by atoms with Crippen LogP contribution in [0.5, 0.6) is 0 Å². The molecule has 0 radical (unpaired) electrons. The minimum absolute atomic E-state index is 0.0519. The molecule has 2 amide bonds. The predicted octanol–water partition coefficient (Wildman–Crippen LogP) is 3.19. The van der Waals surface area contributed by atoms with Crippen molar-refractivity contribution >= 4 is 11.8 Å². The van der Waals surface area contributed by atoms with Crippen LogP contribution in [0.3, 0.4) is 0 Å². The molecule has 0 fully saturated rings. The highest BCUT2D eigenvalue weighted by molar-refractivity contribution is 5.94.